The van der Waals surface area contributed by atoms with Crippen LogP contribution in [0.3, 0.4) is 0 Å². The molecular formula is C8H8BrNO3. The fourth-order valence-corrected chi connectivity index (χ4v) is 1.46. The zero-order chi connectivity index (χ0) is 10.0. The molecular weight excluding hydrogens is 238 g/mol. The van der Waals surface area contributed by atoms with E-state index in [2.05, 4.69) is 15.9 Å². The zero-order valence-corrected chi connectivity index (χ0v) is 8.54. The van der Waals surface area contributed by atoms with Gasteiger partial charge in [-0.1, -0.05) is 15.9 Å². The quantitative estimate of drug-likeness (QED) is 0.642. The highest BCUT2D eigenvalue weighted by atomic mass is 79.9. The third-order valence-corrected chi connectivity index (χ3v) is 2.72. The Kier molecular flexibility index (Phi) is 3.00. The number of hydrogen-bond acceptors (Lipinski definition) is 3. The first-order chi connectivity index (χ1) is 6.07. The van der Waals surface area contributed by atoms with Crippen molar-refractivity contribution in [2.45, 2.75) is 13.5 Å². The largest absolute Gasteiger partial charge is 0.391 e. The Balaban J connectivity index is 3.38. The summed E-state index contributed by atoms with van der Waals surface area (Å²) in [4.78, 5) is 10.0. The smallest absolute Gasteiger partial charge is 0.275 e. The van der Waals surface area contributed by atoms with Gasteiger partial charge < -0.3 is 5.11 Å². The third-order valence-electron chi connectivity index (χ3n) is 1.86. The molecule has 5 heteroatoms. The summed E-state index contributed by atoms with van der Waals surface area (Å²) in [7, 11) is 0. The maximum Gasteiger partial charge on any atom is 0.275 e. The highest BCUT2D eigenvalue weighted by molar-refractivity contribution is 9.10. The van der Waals surface area contributed by atoms with E-state index in [0.717, 1.165) is 4.47 Å². The van der Waals surface area contributed by atoms with Gasteiger partial charge in [0.25, 0.3) is 5.69 Å². The van der Waals surface area contributed by atoms with Crippen LogP contribution >= 0.6 is 15.9 Å². The van der Waals surface area contributed by atoms with Gasteiger partial charge in [-0.2, -0.15) is 0 Å². The molecule has 0 fully saturated rings. The Labute approximate surface area is 83.5 Å². The summed E-state index contributed by atoms with van der Waals surface area (Å²) in [6.45, 7) is 1.41. The van der Waals surface area contributed by atoms with E-state index in [1.165, 1.54) is 6.07 Å². The lowest BCUT2D eigenvalue weighted by Crippen LogP contribution is -1.98. The van der Waals surface area contributed by atoms with Crippen LogP contribution in [0.1, 0.15) is 11.1 Å². The van der Waals surface area contributed by atoms with Crippen LogP contribution in [0.15, 0.2) is 16.6 Å². The summed E-state index contributed by atoms with van der Waals surface area (Å²) in [5, 5.41) is 19.5. The van der Waals surface area contributed by atoms with Crippen LogP contribution in [0, 0.1) is 17.0 Å². The van der Waals surface area contributed by atoms with E-state index in [0.29, 0.717) is 11.1 Å². The molecule has 0 radical (unpaired) electrons. The van der Waals surface area contributed by atoms with E-state index in [9.17, 15) is 10.1 Å². The molecule has 0 atom stereocenters. The van der Waals surface area contributed by atoms with E-state index in [1.54, 1.807) is 13.0 Å². The van der Waals surface area contributed by atoms with Gasteiger partial charge in [0, 0.05) is 10.5 Å². The molecule has 0 amide bonds. The Bertz CT molecular complexity index is 351. The van der Waals surface area contributed by atoms with E-state index in [-0.39, 0.29) is 12.3 Å². The second kappa shape index (κ2) is 3.85. The number of nitro groups is 1. The second-order valence-electron chi connectivity index (χ2n) is 2.59. The standard InChI is InChI=1S/C8H8BrNO3/c1-5-6(4-11)8(10(12)13)3-2-7(5)9/h2-3,11H,4H2,1H3. The molecule has 0 heterocycles. The molecule has 0 bridgehead atoms. The van der Waals surface area contributed by atoms with Crippen LogP contribution < -0.4 is 0 Å². The van der Waals surface area contributed by atoms with Crippen LogP contribution in [0.5, 0.6) is 0 Å². The first-order valence-corrected chi connectivity index (χ1v) is 4.40. The molecule has 4 nitrogen and oxygen atoms in total. The van der Waals surface area contributed by atoms with Gasteiger partial charge in [0.1, 0.15) is 0 Å². The second-order valence-corrected chi connectivity index (χ2v) is 3.44. The topological polar surface area (TPSA) is 63.4 Å². The Morgan fingerprint density at radius 1 is 1.62 bits per heavy atom. The zero-order valence-electron chi connectivity index (χ0n) is 6.95. The summed E-state index contributed by atoms with van der Waals surface area (Å²) < 4.78 is 0.766. The van der Waals surface area contributed by atoms with Crippen LogP contribution in [0.4, 0.5) is 5.69 Å². The highest BCUT2D eigenvalue weighted by Gasteiger charge is 2.16. The van der Waals surface area contributed by atoms with Crippen molar-refractivity contribution < 1.29 is 10.0 Å². The van der Waals surface area contributed by atoms with Gasteiger partial charge >= 0.3 is 0 Å². The molecule has 1 N–H and O–H groups in total. The lowest BCUT2D eigenvalue weighted by Gasteiger charge is -2.04. The lowest BCUT2D eigenvalue weighted by molar-refractivity contribution is -0.385. The first-order valence-electron chi connectivity index (χ1n) is 3.61. The number of hydrogen-bond donors (Lipinski definition) is 1. The molecule has 1 rings (SSSR count). The van der Waals surface area contributed by atoms with Crippen molar-refractivity contribution in [3.8, 4) is 0 Å². The average Bonchev–Trinajstić information content (AvgIpc) is 2.09. The van der Waals surface area contributed by atoms with Crippen molar-refractivity contribution in [1.82, 2.24) is 0 Å². The molecule has 0 spiro atoms. The number of nitrogens with zero attached hydrogens (tertiary/aromatic N) is 1. The third kappa shape index (κ3) is 1.87. The van der Waals surface area contributed by atoms with Crippen LogP contribution in [0.25, 0.3) is 0 Å². The van der Waals surface area contributed by atoms with Crippen LogP contribution in [-0.2, 0) is 6.61 Å². The molecule has 0 saturated heterocycles. The van der Waals surface area contributed by atoms with Gasteiger partial charge in [0.2, 0.25) is 0 Å². The average molecular weight is 246 g/mol. The molecule has 13 heavy (non-hydrogen) atoms. The maximum atomic E-state index is 10.5. The van der Waals surface area contributed by atoms with E-state index < -0.39 is 4.92 Å². The van der Waals surface area contributed by atoms with E-state index in [4.69, 9.17) is 5.11 Å². The number of aliphatic hydroxyl groups is 1. The number of halogens is 1. The van der Waals surface area contributed by atoms with Crippen molar-refractivity contribution in [1.29, 1.82) is 0 Å². The predicted molar refractivity (Wildman–Crippen MR) is 51.5 cm³/mol. The Morgan fingerprint density at radius 3 is 2.69 bits per heavy atom. The fourth-order valence-electron chi connectivity index (χ4n) is 1.08. The van der Waals surface area contributed by atoms with Gasteiger partial charge in [0.15, 0.2) is 0 Å². The van der Waals surface area contributed by atoms with Gasteiger partial charge in [-0.15, -0.1) is 0 Å². The number of benzene rings is 1. The van der Waals surface area contributed by atoms with Crippen LogP contribution in [0.2, 0.25) is 0 Å². The van der Waals surface area contributed by atoms with Crippen molar-refractivity contribution in [2.24, 2.45) is 0 Å². The molecule has 0 aliphatic rings. The van der Waals surface area contributed by atoms with E-state index >= 15 is 0 Å². The normalized spacial score (nSPS) is 10.1. The summed E-state index contributed by atoms with van der Waals surface area (Å²) in [5.41, 5.74) is 1.03. The van der Waals surface area contributed by atoms with Crippen LogP contribution in [-0.4, -0.2) is 10.0 Å². The molecule has 0 aromatic heterocycles. The highest BCUT2D eigenvalue weighted by Crippen LogP contribution is 2.27. The predicted octanol–water partition coefficient (Wildman–Crippen LogP) is 2.16. The fraction of sp³-hybridized carbons (Fsp3) is 0.250. The van der Waals surface area contributed by atoms with Gasteiger partial charge in [0.05, 0.1) is 17.1 Å². The number of aliphatic hydroxyl groups excluding tert-OH is 1. The number of nitro benzene ring substituents is 1. The molecule has 0 unspecified atom stereocenters. The van der Waals surface area contributed by atoms with Crippen molar-refractivity contribution in [3.63, 3.8) is 0 Å². The summed E-state index contributed by atoms with van der Waals surface area (Å²) in [6, 6.07) is 2.98. The molecule has 0 aliphatic heterocycles. The lowest BCUT2D eigenvalue weighted by atomic mass is 10.1. The molecule has 1 aromatic carbocycles. The molecule has 70 valence electrons. The summed E-state index contributed by atoms with van der Waals surface area (Å²) in [6.07, 6.45) is 0. The van der Waals surface area contributed by atoms with Gasteiger partial charge in [-0.25, -0.2) is 0 Å². The summed E-state index contributed by atoms with van der Waals surface area (Å²) in [5.74, 6) is 0. The van der Waals surface area contributed by atoms with E-state index in [1.807, 2.05) is 0 Å². The minimum Gasteiger partial charge on any atom is -0.391 e. The minimum atomic E-state index is -0.495. The number of rotatable bonds is 2. The van der Waals surface area contributed by atoms with Crippen molar-refractivity contribution in [2.75, 3.05) is 0 Å². The summed E-state index contributed by atoms with van der Waals surface area (Å²) >= 11 is 3.24. The molecule has 1 aromatic rings. The maximum absolute atomic E-state index is 10.5. The monoisotopic (exact) mass is 245 g/mol. The Hall–Kier alpha value is -0.940. The minimum absolute atomic E-state index is 0.0387. The molecule has 0 saturated carbocycles. The SMILES string of the molecule is Cc1c(Br)ccc([N+](=O)[O-])c1CO. The first kappa shape index (κ1) is 10.1. The van der Waals surface area contributed by atoms with Crippen molar-refractivity contribution >= 4 is 21.6 Å². The van der Waals surface area contributed by atoms with Gasteiger partial charge in [-0.3, -0.25) is 10.1 Å². The van der Waals surface area contributed by atoms with Gasteiger partial charge in [-0.05, 0) is 18.6 Å². The van der Waals surface area contributed by atoms with Crippen molar-refractivity contribution in [3.05, 3.63) is 37.8 Å². The Morgan fingerprint density at radius 2 is 2.23 bits per heavy atom. The molecule has 0 aliphatic carbocycles.